The molecule has 0 radical (unpaired) electrons. The molecule has 0 spiro atoms. The summed E-state index contributed by atoms with van der Waals surface area (Å²) in [5.74, 6) is 2.56. The molecule has 0 aromatic heterocycles. The normalized spacial score (nSPS) is 19.1. The zero-order chi connectivity index (χ0) is 17.5. The lowest BCUT2D eigenvalue weighted by Gasteiger charge is -2.32. The molecule has 2 fully saturated rings. The highest BCUT2D eigenvalue weighted by Crippen LogP contribution is 2.28. The van der Waals surface area contributed by atoms with Gasteiger partial charge in [0.25, 0.3) is 0 Å². The Hall–Kier alpha value is -0.530. The van der Waals surface area contributed by atoms with Crippen LogP contribution in [0.15, 0.2) is 29.3 Å². The standard InChI is InChI=1S/C20H31ClN4.HI/c1-2-22-20(23-13-16-7-8-16)24-14-17-9-11-25(12-10-17)15-18-5-3-4-6-19(18)21;/h3-6,16-17H,2,7-15H2,1H3,(H2,22,23,24);1H. The molecule has 0 bridgehead atoms. The van der Waals surface area contributed by atoms with E-state index in [1.807, 2.05) is 12.1 Å². The second-order valence-corrected chi connectivity index (χ2v) is 7.76. The number of nitrogens with zero attached hydrogens (tertiary/aromatic N) is 2. The van der Waals surface area contributed by atoms with E-state index in [-0.39, 0.29) is 24.0 Å². The summed E-state index contributed by atoms with van der Waals surface area (Å²) in [5, 5.41) is 7.80. The number of hydrogen-bond acceptors (Lipinski definition) is 2. The van der Waals surface area contributed by atoms with Crippen molar-refractivity contribution in [3.05, 3.63) is 34.9 Å². The van der Waals surface area contributed by atoms with Crippen LogP contribution in [0.25, 0.3) is 0 Å². The van der Waals surface area contributed by atoms with Crippen LogP contribution in [0.5, 0.6) is 0 Å². The summed E-state index contributed by atoms with van der Waals surface area (Å²) in [4.78, 5) is 7.23. The maximum atomic E-state index is 6.29. The molecular formula is C20H32ClIN4. The van der Waals surface area contributed by atoms with Crippen LogP contribution in [0.1, 0.15) is 38.2 Å². The van der Waals surface area contributed by atoms with Crippen molar-refractivity contribution in [3.8, 4) is 0 Å². The number of hydrogen-bond donors (Lipinski definition) is 2. The second kappa shape index (κ2) is 11.3. The van der Waals surface area contributed by atoms with E-state index in [0.717, 1.165) is 62.1 Å². The lowest BCUT2D eigenvalue weighted by Crippen LogP contribution is -2.42. The molecule has 1 heterocycles. The van der Waals surface area contributed by atoms with Crippen molar-refractivity contribution in [2.75, 3.05) is 32.7 Å². The fraction of sp³-hybridized carbons (Fsp3) is 0.650. The van der Waals surface area contributed by atoms with E-state index in [4.69, 9.17) is 16.6 Å². The predicted molar refractivity (Wildman–Crippen MR) is 122 cm³/mol. The quantitative estimate of drug-likeness (QED) is 0.343. The third kappa shape index (κ3) is 7.24. The average Bonchev–Trinajstić information content (AvgIpc) is 3.45. The predicted octanol–water partition coefficient (Wildman–Crippen LogP) is 4.14. The van der Waals surface area contributed by atoms with Crippen molar-refractivity contribution in [2.24, 2.45) is 16.8 Å². The molecule has 1 aliphatic carbocycles. The number of rotatable bonds is 7. The SMILES string of the molecule is CCNC(=NCC1CC1)NCC1CCN(Cc2ccccc2Cl)CC1.I. The van der Waals surface area contributed by atoms with Crippen molar-refractivity contribution >= 4 is 41.5 Å². The number of likely N-dealkylation sites (tertiary alicyclic amines) is 1. The average molecular weight is 491 g/mol. The van der Waals surface area contributed by atoms with Gasteiger partial charge in [-0.25, -0.2) is 0 Å². The largest absolute Gasteiger partial charge is 0.357 e. The van der Waals surface area contributed by atoms with Crippen molar-refractivity contribution in [1.29, 1.82) is 0 Å². The Morgan fingerprint density at radius 3 is 2.50 bits per heavy atom. The monoisotopic (exact) mass is 490 g/mol. The van der Waals surface area contributed by atoms with Gasteiger partial charge in [0.15, 0.2) is 5.96 Å². The molecule has 1 saturated heterocycles. The van der Waals surface area contributed by atoms with Crippen LogP contribution in [-0.4, -0.2) is 43.6 Å². The molecule has 1 saturated carbocycles. The number of piperidine rings is 1. The Morgan fingerprint density at radius 2 is 1.85 bits per heavy atom. The molecule has 1 aliphatic heterocycles. The van der Waals surface area contributed by atoms with E-state index >= 15 is 0 Å². The van der Waals surface area contributed by atoms with Gasteiger partial charge in [-0.05, 0) is 69.2 Å². The van der Waals surface area contributed by atoms with E-state index in [9.17, 15) is 0 Å². The van der Waals surface area contributed by atoms with Gasteiger partial charge in [0.2, 0.25) is 0 Å². The molecule has 2 N–H and O–H groups in total. The molecule has 0 atom stereocenters. The molecule has 1 aromatic rings. The minimum Gasteiger partial charge on any atom is -0.357 e. The van der Waals surface area contributed by atoms with Crippen molar-refractivity contribution in [2.45, 2.75) is 39.2 Å². The van der Waals surface area contributed by atoms with Gasteiger partial charge in [0, 0.05) is 31.2 Å². The molecule has 1 aromatic carbocycles. The maximum Gasteiger partial charge on any atom is 0.191 e. The van der Waals surface area contributed by atoms with E-state index < -0.39 is 0 Å². The topological polar surface area (TPSA) is 39.7 Å². The molecule has 4 nitrogen and oxygen atoms in total. The second-order valence-electron chi connectivity index (χ2n) is 7.35. The van der Waals surface area contributed by atoms with Gasteiger partial charge in [-0.15, -0.1) is 24.0 Å². The van der Waals surface area contributed by atoms with Gasteiger partial charge in [-0.2, -0.15) is 0 Å². The third-order valence-electron chi connectivity index (χ3n) is 5.17. The molecule has 6 heteroatoms. The van der Waals surface area contributed by atoms with Gasteiger partial charge in [0.05, 0.1) is 0 Å². The van der Waals surface area contributed by atoms with Crippen molar-refractivity contribution < 1.29 is 0 Å². The number of aliphatic imine (C=N–C) groups is 1. The van der Waals surface area contributed by atoms with Crippen LogP contribution in [0, 0.1) is 11.8 Å². The van der Waals surface area contributed by atoms with Gasteiger partial charge < -0.3 is 10.6 Å². The first-order valence-electron chi connectivity index (χ1n) is 9.72. The Balaban J connectivity index is 0.00000243. The molecular weight excluding hydrogens is 459 g/mol. The molecule has 3 rings (SSSR count). The summed E-state index contributed by atoms with van der Waals surface area (Å²) < 4.78 is 0. The zero-order valence-corrected chi connectivity index (χ0v) is 18.8. The van der Waals surface area contributed by atoms with Gasteiger partial charge in [-0.3, -0.25) is 9.89 Å². The fourth-order valence-corrected chi connectivity index (χ4v) is 3.52. The summed E-state index contributed by atoms with van der Waals surface area (Å²) in [6, 6.07) is 8.18. The zero-order valence-electron chi connectivity index (χ0n) is 15.7. The van der Waals surface area contributed by atoms with Crippen LogP contribution in [-0.2, 0) is 6.54 Å². The minimum atomic E-state index is 0. The van der Waals surface area contributed by atoms with E-state index in [0.29, 0.717) is 0 Å². The highest BCUT2D eigenvalue weighted by Gasteiger charge is 2.22. The van der Waals surface area contributed by atoms with Crippen LogP contribution in [0.4, 0.5) is 0 Å². The lowest BCUT2D eigenvalue weighted by atomic mass is 9.96. The van der Waals surface area contributed by atoms with Crippen LogP contribution in [0.3, 0.4) is 0 Å². The Morgan fingerprint density at radius 1 is 1.12 bits per heavy atom. The summed E-state index contributed by atoms with van der Waals surface area (Å²) in [5.41, 5.74) is 1.24. The van der Waals surface area contributed by atoms with Crippen LogP contribution >= 0.6 is 35.6 Å². The molecule has 0 unspecified atom stereocenters. The summed E-state index contributed by atoms with van der Waals surface area (Å²) in [7, 11) is 0. The Labute approximate surface area is 180 Å². The smallest absolute Gasteiger partial charge is 0.191 e. The van der Waals surface area contributed by atoms with E-state index in [2.05, 4.69) is 34.6 Å². The highest BCUT2D eigenvalue weighted by molar-refractivity contribution is 14.0. The van der Waals surface area contributed by atoms with Gasteiger partial charge in [-0.1, -0.05) is 29.8 Å². The summed E-state index contributed by atoms with van der Waals surface area (Å²) in [6.07, 6.45) is 5.18. The molecule has 2 aliphatic rings. The van der Waals surface area contributed by atoms with Crippen molar-refractivity contribution in [1.82, 2.24) is 15.5 Å². The van der Waals surface area contributed by atoms with Crippen molar-refractivity contribution in [3.63, 3.8) is 0 Å². The van der Waals surface area contributed by atoms with Crippen LogP contribution in [0.2, 0.25) is 5.02 Å². The fourth-order valence-electron chi connectivity index (χ4n) is 3.32. The first-order valence-corrected chi connectivity index (χ1v) is 10.1. The number of guanidine groups is 1. The highest BCUT2D eigenvalue weighted by atomic mass is 127. The number of halogens is 2. The number of benzene rings is 1. The molecule has 0 amide bonds. The number of nitrogens with one attached hydrogen (secondary N) is 2. The third-order valence-corrected chi connectivity index (χ3v) is 5.53. The summed E-state index contributed by atoms with van der Waals surface area (Å²) >= 11 is 6.29. The maximum absolute atomic E-state index is 6.29. The molecule has 146 valence electrons. The van der Waals surface area contributed by atoms with Gasteiger partial charge >= 0.3 is 0 Å². The lowest BCUT2D eigenvalue weighted by molar-refractivity contribution is 0.178. The minimum absolute atomic E-state index is 0. The van der Waals surface area contributed by atoms with Crippen LogP contribution < -0.4 is 10.6 Å². The Kier molecular flexibility index (Phi) is 9.50. The van der Waals surface area contributed by atoms with E-state index in [1.54, 1.807) is 0 Å². The first-order chi connectivity index (χ1) is 12.2. The van der Waals surface area contributed by atoms with Gasteiger partial charge in [0.1, 0.15) is 0 Å². The Bertz CT molecular complexity index is 569. The van der Waals surface area contributed by atoms with E-state index in [1.165, 1.54) is 31.2 Å². The first kappa shape index (κ1) is 21.8. The summed E-state index contributed by atoms with van der Waals surface area (Å²) in [6.45, 7) is 8.31. The molecule has 26 heavy (non-hydrogen) atoms.